The largest absolute Gasteiger partial charge is 0.398 e. The van der Waals surface area contributed by atoms with Gasteiger partial charge in [0.05, 0.1) is 21.6 Å². The highest BCUT2D eigenvalue weighted by Gasteiger charge is 2.21. The second-order valence-corrected chi connectivity index (χ2v) is 7.81. The average Bonchev–Trinajstić information content (AvgIpc) is 2.90. The molecule has 0 aliphatic carbocycles. The van der Waals surface area contributed by atoms with E-state index in [2.05, 4.69) is 9.71 Å². The zero-order chi connectivity index (χ0) is 15.6. The predicted octanol–water partition coefficient (Wildman–Crippen LogP) is 2.98. The fraction of sp³-hybridized carbons (Fsp3) is 0.308. The minimum absolute atomic E-state index is 0.0841. The Bertz CT molecular complexity index is 744. The molecule has 21 heavy (non-hydrogen) atoms. The highest BCUT2D eigenvalue weighted by atomic mass is 35.5. The number of hydrogen-bond donors (Lipinski definition) is 2. The maximum Gasteiger partial charge on any atom is 0.241 e. The highest BCUT2D eigenvalue weighted by molar-refractivity contribution is 7.89. The van der Waals surface area contributed by atoms with Crippen molar-refractivity contribution in [2.45, 2.75) is 31.2 Å². The van der Waals surface area contributed by atoms with Crippen molar-refractivity contribution in [3.8, 4) is 0 Å². The molecule has 0 saturated heterocycles. The van der Waals surface area contributed by atoms with Crippen LogP contribution in [0.25, 0.3) is 0 Å². The van der Waals surface area contributed by atoms with Crippen LogP contribution in [0.15, 0.2) is 29.3 Å². The number of rotatable bonds is 5. The molecular formula is C13H16ClN3O2S2. The van der Waals surface area contributed by atoms with E-state index >= 15 is 0 Å². The number of thiazole rings is 1. The number of sulfonamides is 1. The van der Waals surface area contributed by atoms with Gasteiger partial charge in [-0.25, -0.2) is 18.1 Å². The smallest absolute Gasteiger partial charge is 0.241 e. The fourth-order valence-electron chi connectivity index (χ4n) is 1.71. The van der Waals surface area contributed by atoms with Crippen LogP contribution in [0.4, 0.5) is 5.69 Å². The van der Waals surface area contributed by atoms with Crippen molar-refractivity contribution in [3.63, 3.8) is 0 Å². The zero-order valence-electron chi connectivity index (χ0n) is 11.6. The van der Waals surface area contributed by atoms with Crippen molar-refractivity contribution in [3.05, 3.63) is 39.3 Å². The maximum absolute atomic E-state index is 12.3. The summed E-state index contributed by atoms with van der Waals surface area (Å²) < 4.78 is 27.2. The minimum atomic E-state index is -3.67. The van der Waals surface area contributed by atoms with Gasteiger partial charge >= 0.3 is 0 Å². The normalized spacial score (nSPS) is 13.3. The molecular weight excluding hydrogens is 330 g/mol. The number of nitrogen functional groups attached to an aromatic ring is 1. The molecule has 0 aliphatic rings. The Morgan fingerprint density at radius 2 is 2.19 bits per heavy atom. The van der Waals surface area contributed by atoms with Crippen molar-refractivity contribution in [2.75, 3.05) is 5.73 Å². The third-order valence-electron chi connectivity index (χ3n) is 2.90. The van der Waals surface area contributed by atoms with Crippen molar-refractivity contribution < 1.29 is 8.42 Å². The van der Waals surface area contributed by atoms with E-state index in [4.69, 9.17) is 17.3 Å². The molecule has 1 heterocycles. The van der Waals surface area contributed by atoms with Crippen LogP contribution in [-0.2, 0) is 16.4 Å². The topological polar surface area (TPSA) is 85.1 Å². The summed E-state index contributed by atoms with van der Waals surface area (Å²) in [6, 6.07) is 3.83. The quantitative estimate of drug-likeness (QED) is 0.816. The summed E-state index contributed by atoms with van der Waals surface area (Å²) in [5.74, 6) is 0. The highest BCUT2D eigenvalue weighted by Crippen LogP contribution is 2.25. The Morgan fingerprint density at radius 1 is 1.48 bits per heavy atom. The van der Waals surface area contributed by atoms with Crippen molar-refractivity contribution in [2.24, 2.45) is 0 Å². The monoisotopic (exact) mass is 345 g/mol. The third kappa shape index (κ3) is 3.74. The number of nitrogens with zero attached hydrogens (tertiary/aromatic N) is 1. The number of nitrogens with two attached hydrogens (primary N) is 1. The van der Waals surface area contributed by atoms with E-state index in [1.807, 2.05) is 6.92 Å². The summed E-state index contributed by atoms with van der Waals surface area (Å²) in [7, 11) is -3.67. The number of benzene rings is 1. The Balaban J connectivity index is 2.22. The Morgan fingerprint density at radius 3 is 2.76 bits per heavy atom. The van der Waals surface area contributed by atoms with Gasteiger partial charge in [-0.05, 0) is 31.5 Å². The molecule has 0 saturated carbocycles. The molecule has 0 bridgehead atoms. The molecule has 0 spiro atoms. The van der Waals surface area contributed by atoms with Gasteiger partial charge in [-0.2, -0.15) is 0 Å². The van der Waals surface area contributed by atoms with E-state index in [-0.39, 0.29) is 9.92 Å². The van der Waals surface area contributed by atoms with E-state index < -0.39 is 16.1 Å². The summed E-state index contributed by atoms with van der Waals surface area (Å²) in [5, 5.41) is 0.949. The van der Waals surface area contributed by atoms with Gasteiger partial charge in [-0.3, -0.25) is 0 Å². The fourth-order valence-corrected chi connectivity index (χ4v) is 4.13. The molecule has 8 heteroatoms. The third-order valence-corrected chi connectivity index (χ3v) is 6.09. The van der Waals surface area contributed by atoms with Crippen molar-refractivity contribution >= 4 is 38.6 Å². The van der Waals surface area contributed by atoms with Gasteiger partial charge in [0.2, 0.25) is 10.0 Å². The van der Waals surface area contributed by atoms with Crippen LogP contribution in [0, 0.1) is 0 Å². The average molecular weight is 346 g/mol. The standard InChI is InChI=1S/C13H16ClN3O2S2/c1-3-9-7-16-13(20-9)8(2)17-21(18,19)10-4-5-12(15)11(14)6-10/h4-8,17H,3,15H2,1-2H3. The Kier molecular flexibility index (Phi) is 4.88. The van der Waals surface area contributed by atoms with E-state index in [0.29, 0.717) is 5.69 Å². The minimum Gasteiger partial charge on any atom is -0.398 e. The first-order valence-corrected chi connectivity index (χ1v) is 9.03. The summed E-state index contributed by atoms with van der Waals surface area (Å²) >= 11 is 7.37. The molecule has 0 aliphatic heterocycles. The SMILES string of the molecule is CCc1cnc(C(C)NS(=O)(=O)c2ccc(N)c(Cl)c2)s1. The molecule has 2 rings (SSSR count). The van der Waals surface area contributed by atoms with Crippen LogP contribution in [-0.4, -0.2) is 13.4 Å². The summed E-state index contributed by atoms with van der Waals surface area (Å²) in [4.78, 5) is 5.44. The van der Waals surface area contributed by atoms with Crippen LogP contribution in [0.1, 0.15) is 29.8 Å². The van der Waals surface area contributed by atoms with Gasteiger partial charge < -0.3 is 5.73 Å². The lowest BCUT2D eigenvalue weighted by molar-refractivity contribution is 0.566. The Hall–Kier alpha value is -1.15. The number of hydrogen-bond acceptors (Lipinski definition) is 5. The van der Waals surface area contributed by atoms with E-state index in [1.54, 1.807) is 13.1 Å². The van der Waals surface area contributed by atoms with Crippen LogP contribution >= 0.6 is 22.9 Å². The van der Waals surface area contributed by atoms with Gasteiger partial charge in [-0.15, -0.1) is 11.3 Å². The first kappa shape index (κ1) is 16.2. The van der Waals surface area contributed by atoms with Crippen LogP contribution < -0.4 is 10.5 Å². The van der Waals surface area contributed by atoms with Gasteiger partial charge in [-0.1, -0.05) is 18.5 Å². The number of aryl methyl sites for hydroxylation is 1. The first-order valence-electron chi connectivity index (χ1n) is 6.35. The van der Waals surface area contributed by atoms with Crippen LogP contribution in [0.5, 0.6) is 0 Å². The second kappa shape index (κ2) is 6.31. The molecule has 114 valence electrons. The molecule has 1 aromatic carbocycles. The summed E-state index contributed by atoms with van der Waals surface area (Å²) in [6.07, 6.45) is 2.65. The van der Waals surface area contributed by atoms with E-state index in [0.717, 1.165) is 16.3 Å². The second-order valence-electron chi connectivity index (χ2n) is 4.54. The predicted molar refractivity (Wildman–Crippen MR) is 86.1 cm³/mol. The van der Waals surface area contributed by atoms with Gasteiger partial charge in [0, 0.05) is 11.1 Å². The zero-order valence-corrected chi connectivity index (χ0v) is 14.0. The lowest BCUT2D eigenvalue weighted by Gasteiger charge is -2.12. The van der Waals surface area contributed by atoms with Gasteiger partial charge in [0.15, 0.2) is 0 Å². The number of halogens is 1. The molecule has 0 amide bonds. The summed E-state index contributed by atoms with van der Waals surface area (Å²) in [6.45, 7) is 3.79. The number of nitrogens with one attached hydrogen (secondary N) is 1. The molecule has 0 radical (unpaired) electrons. The lowest BCUT2D eigenvalue weighted by atomic mass is 10.3. The maximum atomic E-state index is 12.3. The number of anilines is 1. The van der Waals surface area contributed by atoms with Gasteiger partial charge in [0.25, 0.3) is 0 Å². The molecule has 0 fully saturated rings. The van der Waals surface area contributed by atoms with Crippen LogP contribution in [0.3, 0.4) is 0 Å². The first-order chi connectivity index (χ1) is 9.83. The van der Waals surface area contributed by atoms with Crippen LogP contribution in [0.2, 0.25) is 5.02 Å². The molecule has 1 atom stereocenters. The molecule has 1 aromatic heterocycles. The van der Waals surface area contributed by atoms with Crippen molar-refractivity contribution in [1.29, 1.82) is 0 Å². The van der Waals surface area contributed by atoms with E-state index in [1.165, 1.54) is 29.5 Å². The van der Waals surface area contributed by atoms with Crippen molar-refractivity contribution in [1.82, 2.24) is 9.71 Å². The van der Waals surface area contributed by atoms with Gasteiger partial charge in [0.1, 0.15) is 5.01 Å². The lowest BCUT2D eigenvalue weighted by Crippen LogP contribution is -2.26. The van der Waals surface area contributed by atoms with E-state index in [9.17, 15) is 8.42 Å². The molecule has 2 aromatic rings. The molecule has 1 unspecified atom stereocenters. The molecule has 3 N–H and O–H groups in total. The summed E-state index contributed by atoms with van der Waals surface area (Å²) in [5.41, 5.74) is 5.93. The Labute approximate surface area is 133 Å². The number of aromatic nitrogens is 1. The molecule has 5 nitrogen and oxygen atoms in total.